The largest absolute Gasteiger partial charge is 0.232 e. The Morgan fingerprint density at radius 1 is 0.812 bits per heavy atom. The molecular formula is C12H12N2S2. The molecule has 0 aliphatic heterocycles. The second kappa shape index (κ2) is 8.03. The SMILES string of the molecule is S=C=NCCc1ccc(CCN=C=S)cc1. The molecule has 0 amide bonds. The highest BCUT2D eigenvalue weighted by atomic mass is 32.1. The summed E-state index contributed by atoms with van der Waals surface area (Å²) in [5.74, 6) is 0. The quantitative estimate of drug-likeness (QED) is 0.571. The molecule has 0 radical (unpaired) electrons. The summed E-state index contributed by atoms with van der Waals surface area (Å²) in [6.07, 6.45) is 1.81. The van der Waals surface area contributed by atoms with Crippen LogP contribution < -0.4 is 0 Å². The molecule has 82 valence electrons. The molecule has 0 saturated carbocycles. The third kappa shape index (κ3) is 5.06. The van der Waals surface area contributed by atoms with E-state index in [1.54, 1.807) is 0 Å². The molecule has 0 aromatic heterocycles. The van der Waals surface area contributed by atoms with Gasteiger partial charge < -0.3 is 0 Å². The summed E-state index contributed by atoms with van der Waals surface area (Å²) in [4.78, 5) is 7.76. The van der Waals surface area contributed by atoms with Crippen molar-refractivity contribution >= 4 is 34.8 Å². The van der Waals surface area contributed by atoms with E-state index < -0.39 is 0 Å². The highest BCUT2D eigenvalue weighted by Gasteiger charge is 1.94. The van der Waals surface area contributed by atoms with Crippen LogP contribution in [0.2, 0.25) is 0 Å². The van der Waals surface area contributed by atoms with Crippen molar-refractivity contribution < 1.29 is 0 Å². The molecule has 0 bridgehead atoms. The highest BCUT2D eigenvalue weighted by molar-refractivity contribution is 7.78. The minimum atomic E-state index is 0.706. The molecule has 0 aliphatic carbocycles. The molecule has 0 N–H and O–H groups in total. The predicted octanol–water partition coefficient (Wildman–Crippen LogP) is 2.98. The Hall–Kier alpha value is -1.18. The molecule has 0 fully saturated rings. The van der Waals surface area contributed by atoms with Crippen LogP contribution in [0.3, 0.4) is 0 Å². The van der Waals surface area contributed by atoms with E-state index in [4.69, 9.17) is 0 Å². The van der Waals surface area contributed by atoms with E-state index in [9.17, 15) is 0 Å². The number of nitrogens with zero attached hydrogens (tertiary/aromatic N) is 2. The summed E-state index contributed by atoms with van der Waals surface area (Å²) in [5.41, 5.74) is 2.52. The number of thiocarbonyl (C=S) groups is 2. The zero-order chi connectivity index (χ0) is 11.6. The van der Waals surface area contributed by atoms with Crippen LogP contribution in [0.15, 0.2) is 34.3 Å². The van der Waals surface area contributed by atoms with Gasteiger partial charge in [0.15, 0.2) is 0 Å². The minimum absolute atomic E-state index is 0.706. The molecule has 0 spiro atoms. The fraction of sp³-hybridized carbons (Fsp3) is 0.333. The summed E-state index contributed by atoms with van der Waals surface area (Å²) >= 11 is 9.01. The van der Waals surface area contributed by atoms with E-state index >= 15 is 0 Å². The van der Waals surface area contributed by atoms with Crippen LogP contribution in [0.4, 0.5) is 0 Å². The van der Waals surface area contributed by atoms with E-state index in [1.807, 2.05) is 0 Å². The third-order valence-corrected chi connectivity index (χ3v) is 2.43. The molecular weight excluding hydrogens is 236 g/mol. The maximum absolute atomic E-state index is 4.51. The number of rotatable bonds is 6. The van der Waals surface area contributed by atoms with Crippen molar-refractivity contribution in [2.24, 2.45) is 9.98 Å². The van der Waals surface area contributed by atoms with Crippen molar-refractivity contribution in [3.63, 3.8) is 0 Å². The molecule has 0 aliphatic rings. The first kappa shape index (κ1) is 12.9. The first-order valence-electron chi connectivity index (χ1n) is 5.02. The molecule has 0 saturated heterocycles. The molecule has 1 aromatic rings. The Labute approximate surface area is 106 Å². The fourth-order valence-corrected chi connectivity index (χ4v) is 1.52. The maximum atomic E-state index is 4.51. The van der Waals surface area contributed by atoms with Crippen LogP contribution in [0.5, 0.6) is 0 Å². The lowest BCUT2D eigenvalue weighted by molar-refractivity contribution is 0.956. The summed E-state index contributed by atoms with van der Waals surface area (Å²) in [7, 11) is 0. The maximum Gasteiger partial charge on any atom is 0.0585 e. The number of isothiocyanates is 2. The van der Waals surface area contributed by atoms with Crippen LogP contribution in [-0.4, -0.2) is 23.4 Å². The Balaban J connectivity index is 2.46. The number of aliphatic imine (C=N–C) groups is 2. The first-order chi connectivity index (χ1) is 7.86. The van der Waals surface area contributed by atoms with Gasteiger partial charge in [0.2, 0.25) is 0 Å². The lowest BCUT2D eigenvalue weighted by atomic mass is 10.1. The van der Waals surface area contributed by atoms with E-state index in [-0.39, 0.29) is 0 Å². The van der Waals surface area contributed by atoms with E-state index in [0.29, 0.717) is 13.1 Å². The van der Waals surface area contributed by atoms with Crippen molar-refractivity contribution in [1.82, 2.24) is 0 Å². The smallest absolute Gasteiger partial charge is 0.0585 e. The van der Waals surface area contributed by atoms with Crippen molar-refractivity contribution in [2.45, 2.75) is 12.8 Å². The van der Waals surface area contributed by atoms with Gasteiger partial charge in [-0.25, -0.2) is 9.98 Å². The molecule has 2 nitrogen and oxygen atoms in total. The Bertz CT molecular complexity index is 372. The topological polar surface area (TPSA) is 24.7 Å². The minimum Gasteiger partial charge on any atom is -0.232 e. The summed E-state index contributed by atoms with van der Waals surface area (Å²) in [5, 5.41) is 4.73. The van der Waals surface area contributed by atoms with Crippen LogP contribution >= 0.6 is 24.4 Å². The van der Waals surface area contributed by atoms with Crippen molar-refractivity contribution in [3.05, 3.63) is 35.4 Å². The van der Waals surface area contributed by atoms with Crippen molar-refractivity contribution in [2.75, 3.05) is 13.1 Å². The van der Waals surface area contributed by atoms with Crippen molar-refractivity contribution in [3.8, 4) is 0 Å². The van der Waals surface area contributed by atoms with Crippen LogP contribution in [0.25, 0.3) is 0 Å². The molecule has 0 unspecified atom stereocenters. The second-order valence-electron chi connectivity index (χ2n) is 3.26. The third-order valence-electron chi connectivity index (χ3n) is 2.18. The molecule has 1 rings (SSSR count). The predicted molar refractivity (Wildman–Crippen MR) is 73.6 cm³/mol. The van der Waals surface area contributed by atoms with Gasteiger partial charge in [0.05, 0.1) is 23.4 Å². The summed E-state index contributed by atoms with van der Waals surface area (Å²) in [6.45, 7) is 1.41. The van der Waals surface area contributed by atoms with E-state index in [2.05, 4.69) is 69.0 Å². The Kier molecular flexibility index (Phi) is 6.47. The van der Waals surface area contributed by atoms with Crippen LogP contribution in [-0.2, 0) is 12.8 Å². The highest BCUT2D eigenvalue weighted by Crippen LogP contribution is 2.06. The van der Waals surface area contributed by atoms with Gasteiger partial charge in [0.25, 0.3) is 0 Å². The second-order valence-corrected chi connectivity index (χ2v) is 3.63. The molecule has 1 aromatic carbocycles. The fourth-order valence-electron chi connectivity index (χ4n) is 1.33. The average molecular weight is 248 g/mol. The molecule has 0 heterocycles. The lowest BCUT2D eigenvalue weighted by Crippen LogP contribution is -1.92. The Morgan fingerprint density at radius 3 is 1.50 bits per heavy atom. The van der Waals surface area contributed by atoms with Gasteiger partial charge in [-0.3, -0.25) is 0 Å². The van der Waals surface area contributed by atoms with Gasteiger partial charge in [-0.1, -0.05) is 24.3 Å². The van der Waals surface area contributed by atoms with Gasteiger partial charge in [-0.2, -0.15) is 0 Å². The summed E-state index contributed by atoms with van der Waals surface area (Å²) in [6, 6.07) is 8.43. The van der Waals surface area contributed by atoms with E-state index in [1.165, 1.54) is 11.1 Å². The zero-order valence-electron chi connectivity index (χ0n) is 8.85. The molecule has 0 atom stereocenters. The standard InChI is InChI=1S/C12H12N2S2/c15-9-13-7-5-11-1-2-12(4-3-11)6-8-14-10-16/h1-4H,5-8H2. The molecule has 4 heteroatoms. The van der Waals surface area contributed by atoms with Gasteiger partial charge >= 0.3 is 0 Å². The van der Waals surface area contributed by atoms with Crippen LogP contribution in [0.1, 0.15) is 11.1 Å². The molecule has 16 heavy (non-hydrogen) atoms. The van der Waals surface area contributed by atoms with Crippen LogP contribution in [0, 0.1) is 0 Å². The van der Waals surface area contributed by atoms with Gasteiger partial charge in [-0.05, 0) is 48.4 Å². The zero-order valence-corrected chi connectivity index (χ0v) is 10.5. The lowest BCUT2D eigenvalue weighted by Gasteiger charge is -2.00. The van der Waals surface area contributed by atoms with Gasteiger partial charge in [0, 0.05) is 0 Å². The monoisotopic (exact) mass is 248 g/mol. The van der Waals surface area contributed by atoms with Gasteiger partial charge in [-0.15, -0.1) is 0 Å². The first-order valence-corrected chi connectivity index (χ1v) is 5.83. The Morgan fingerprint density at radius 2 is 1.19 bits per heavy atom. The number of hydrogen-bond donors (Lipinski definition) is 0. The normalized spacial score (nSPS) is 9.00. The average Bonchev–Trinajstić information content (AvgIpc) is 2.32. The van der Waals surface area contributed by atoms with E-state index in [0.717, 1.165) is 12.8 Å². The number of benzene rings is 1. The van der Waals surface area contributed by atoms with Crippen molar-refractivity contribution in [1.29, 1.82) is 0 Å². The number of hydrogen-bond acceptors (Lipinski definition) is 4. The van der Waals surface area contributed by atoms with Gasteiger partial charge in [0.1, 0.15) is 0 Å². The summed E-state index contributed by atoms with van der Waals surface area (Å²) < 4.78 is 0.